The van der Waals surface area contributed by atoms with E-state index in [1.165, 1.54) is 24.4 Å². The molecule has 0 fully saturated rings. The quantitative estimate of drug-likeness (QED) is 0.270. The zero-order valence-electron chi connectivity index (χ0n) is 21.7. The molecule has 0 unspecified atom stereocenters. The number of benzene rings is 2. The van der Waals surface area contributed by atoms with Crippen molar-refractivity contribution in [1.82, 2.24) is 24.7 Å². The molecule has 5 rings (SSSR count). The van der Waals surface area contributed by atoms with Crippen molar-refractivity contribution < 1.29 is 13.9 Å². The van der Waals surface area contributed by atoms with Crippen molar-refractivity contribution in [3.8, 4) is 17.2 Å². The average Bonchev–Trinajstić information content (AvgIpc) is 3.30. The number of H-pyrrole nitrogens is 1. The lowest BCUT2D eigenvalue weighted by Crippen LogP contribution is -2.21. The molecule has 3 heterocycles. The van der Waals surface area contributed by atoms with E-state index in [-0.39, 0.29) is 33.8 Å². The number of fused-ring (bicyclic) bond motifs is 1. The smallest absolute Gasteiger partial charge is 0.324 e. The monoisotopic (exact) mass is 527 g/mol. The molecule has 0 aliphatic heterocycles. The van der Waals surface area contributed by atoms with Gasteiger partial charge in [-0.3, -0.25) is 10.1 Å². The molecule has 0 saturated heterocycles. The maximum atomic E-state index is 14.9. The molecule has 2 aromatic carbocycles. The zero-order chi connectivity index (χ0) is 27.7. The lowest BCUT2D eigenvalue weighted by atomic mass is 9.92. The van der Waals surface area contributed by atoms with Gasteiger partial charge in [0.1, 0.15) is 11.3 Å². The van der Waals surface area contributed by atoms with Crippen molar-refractivity contribution in [2.75, 3.05) is 10.6 Å². The number of carbonyl (C=O) groups excluding carboxylic acids is 1. The van der Waals surface area contributed by atoms with Crippen LogP contribution in [0, 0.1) is 12.7 Å². The Kier molecular flexibility index (Phi) is 6.57. The number of hydrogen-bond acceptors (Lipinski definition) is 6. The Labute approximate surface area is 222 Å². The summed E-state index contributed by atoms with van der Waals surface area (Å²) >= 11 is 0. The van der Waals surface area contributed by atoms with Gasteiger partial charge in [0.25, 0.3) is 5.56 Å². The summed E-state index contributed by atoms with van der Waals surface area (Å²) < 4.78 is 22.3. The van der Waals surface area contributed by atoms with Gasteiger partial charge in [0.15, 0.2) is 23.0 Å². The van der Waals surface area contributed by atoms with Gasteiger partial charge in [-0.2, -0.15) is 5.10 Å². The molecular weight excluding hydrogens is 501 g/mol. The van der Waals surface area contributed by atoms with E-state index in [0.717, 1.165) is 29.2 Å². The molecule has 0 bridgehead atoms. The molecule has 3 aromatic heterocycles. The summed E-state index contributed by atoms with van der Waals surface area (Å²) in [6.07, 6.45) is 2.51. The number of aryl methyl sites for hydroxylation is 1. The van der Waals surface area contributed by atoms with Crippen LogP contribution in [-0.2, 0) is 5.41 Å². The molecule has 198 valence electrons. The molecule has 11 heteroatoms. The van der Waals surface area contributed by atoms with Crippen LogP contribution < -0.4 is 20.9 Å². The normalized spacial score (nSPS) is 11.4. The molecule has 0 aliphatic carbocycles. The number of pyridine rings is 1. The largest absolute Gasteiger partial charge is 0.452 e. The second-order valence-corrected chi connectivity index (χ2v) is 9.99. The zero-order valence-corrected chi connectivity index (χ0v) is 21.7. The highest BCUT2D eigenvalue weighted by atomic mass is 19.1. The first-order valence-electron chi connectivity index (χ1n) is 12.1. The summed E-state index contributed by atoms with van der Waals surface area (Å²) in [5.41, 5.74) is 2.75. The second-order valence-electron chi connectivity index (χ2n) is 9.99. The number of urea groups is 1. The Morgan fingerprint density at radius 3 is 2.49 bits per heavy atom. The molecule has 3 N–H and O–H groups in total. The van der Waals surface area contributed by atoms with Gasteiger partial charge in [0.05, 0.1) is 17.6 Å². The van der Waals surface area contributed by atoms with E-state index in [0.29, 0.717) is 5.82 Å². The van der Waals surface area contributed by atoms with Gasteiger partial charge < -0.3 is 15.0 Å². The van der Waals surface area contributed by atoms with Gasteiger partial charge in [-0.1, -0.05) is 38.5 Å². The van der Waals surface area contributed by atoms with Crippen molar-refractivity contribution in [2.24, 2.45) is 0 Å². The number of amides is 2. The third kappa shape index (κ3) is 5.61. The topological polar surface area (TPSA) is 127 Å². The van der Waals surface area contributed by atoms with E-state index >= 15 is 0 Å². The summed E-state index contributed by atoms with van der Waals surface area (Å²) in [6, 6.07) is 14.6. The van der Waals surface area contributed by atoms with Crippen LogP contribution in [0.3, 0.4) is 0 Å². The fourth-order valence-electron chi connectivity index (χ4n) is 3.78. The summed E-state index contributed by atoms with van der Waals surface area (Å²) in [5, 5.41) is 10.2. The number of ether oxygens (including phenoxy) is 1. The highest BCUT2D eigenvalue weighted by Crippen LogP contribution is 2.30. The Morgan fingerprint density at radius 2 is 1.77 bits per heavy atom. The van der Waals surface area contributed by atoms with Crippen LogP contribution in [0.5, 0.6) is 11.5 Å². The van der Waals surface area contributed by atoms with Gasteiger partial charge in [-0.15, -0.1) is 0 Å². The predicted octanol–water partition coefficient (Wildman–Crippen LogP) is 5.69. The third-order valence-electron chi connectivity index (χ3n) is 5.85. The molecular formula is C28H26FN7O3. The van der Waals surface area contributed by atoms with Crippen molar-refractivity contribution in [2.45, 2.75) is 33.1 Å². The van der Waals surface area contributed by atoms with E-state index in [1.807, 2.05) is 58.0 Å². The number of aromatic nitrogens is 5. The maximum Gasteiger partial charge on any atom is 0.324 e. The molecule has 0 atom stereocenters. The van der Waals surface area contributed by atoms with Crippen LogP contribution in [0.4, 0.5) is 20.7 Å². The first kappa shape index (κ1) is 25.6. The van der Waals surface area contributed by atoms with Crippen LogP contribution in [0.15, 0.2) is 71.8 Å². The molecule has 0 aliphatic rings. The van der Waals surface area contributed by atoms with E-state index in [9.17, 15) is 14.0 Å². The van der Waals surface area contributed by atoms with Crippen molar-refractivity contribution in [3.63, 3.8) is 0 Å². The highest BCUT2D eigenvalue weighted by molar-refractivity contribution is 5.99. The van der Waals surface area contributed by atoms with Crippen LogP contribution in [0.2, 0.25) is 0 Å². The fraction of sp³-hybridized carbons (Fsp3) is 0.179. The van der Waals surface area contributed by atoms with Crippen LogP contribution in [-0.4, -0.2) is 30.8 Å². The van der Waals surface area contributed by atoms with Crippen molar-refractivity contribution in [1.29, 1.82) is 0 Å². The number of halogens is 1. The minimum Gasteiger partial charge on any atom is -0.452 e. The molecule has 0 spiro atoms. The third-order valence-corrected chi connectivity index (χ3v) is 5.85. The number of anilines is 2. The summed E-state index contributed by atoms with van der Waals surface area (Å²) in [6.45, 7) is 8.10. The Bertz CT molecular complexity index is 1740. The molecule has 39 heavy (non-hydrogen) atoms. The number of rotatable bonds is 5. The first-order chi connectivity index (χ1) is 18.6. The number of hydrogen-bond donors (Lipinski definition) is 3. The summed E-state index contributed by atoms with van der Waals surface area (Å²) in [4.78, 5) is 35.0. The van der Waals surface area contributed by atoms with Crippen LogP contribution >= 0.6 is 0 Å². The van der Waals surface area contributed by atoms with Gasteiger partial charge in [0, 0.05) is 35.5 Å². The Morgan fingerprint density at radius 1 is 1.00 bits per heavy atom. The lowest BCUT2D eigenvalue weighted by Gasteiger charge is -2.14. The number of aromatic amines is 1. The average molecular weight is 528 g/mol. The molecule has 5 aromatic rings. The van der Waals surface area contributed by atoms with Crippen LogP contribution in [0.1, 0.15) is 32.0 Å². The molecule has 2 amide bonds. The van der Waals surface area contributed by atoms with Crippen molar-refractivity contribution in [3.05, 3.63) is 94.4 Å². The van der Waals surface area contributed by atoms with Gasteiger partial charge in [0.2, 0.25) is 0 Å². The number of nitrogens with zero attached hydrogens (tertiary/aromatic N) is 4. The standard InChI is InChI=1S/C28H26FN7O3/c1-16-5-8-18(9-6-16)36-23(14-22(35-36)28(2,3)4)33-27(38)32-17-7-10-20(19(29)13-17)39-21-11-12-30-26-25(21)31-15-24(37)34-26/h5-15H,1-4H3,(H,30,34,37)(H2,32,33,38). The first-order valence-corrected chi connectivity index (χ1v) is 12.1. The Balaban J connectivity index is 1.34. The minimum atomic E-state index is -0.707. The van der Waals surface area contributed by atoms with E-state index in [2.05, 4.69) is 25.6 Å². The van der Waals surface area contributed by atoms with Gasteiger partial charge in [-0.25, -0.2) is 23.8 Å². The maximum absolute atomic E-state index is 14.9. The van der Waals surface area contributed by atoms with Crippen molar-refractivity contribution >= 4 is 28.7 Å². The molecule has 0 saturated carbocycles. The Hall–Kier alpha value is -5.06. The van der Waals surface area contributed by atoms with Gasteiger partial charge >= 0.3 is 6.03 Å². The predicted molar refractivity (Wildman–Crippen MR) is 146 cm³/mol. The molecule has 10 nitrogen and oxygen atoms in total. The fourth-order valence-corrected chi connectivity index (χ4v) is 3.78. The summed E-state index contributed by atoms with van der Waals surface area (Å²) in [5.74, 6) is -0.111. The lowest BCUT2D eigenvalue weighted by molar-refractivity contribution is 0.262. The number of nitrogens with one attached hydrogen (secondary N) is 3. The van der Waals surface area contributed by atoms with Gasteiger partial charge in [-0.05, 0) is 31.2 Å². The van der Waals surface area contributed by atoms with E-state index in [1.54, 1.807) is 4.68 Å². The second kappa shape index (κ2) is 10.0. The van der Waals surface area contributed by atoms with E-state index < -0.39 is 17.4 Å². The number of carbonyl (C=O) groups is 1. The van der Waals surface area contributed by atoms with E-state index in [4.69, 9.17) is 9.84 Å². The van der Waals surface area contributed by atoms with Crippen LogP contribution in [0.25, 0.3) is 16.9 Å². The molecule has 0 radical (unpaired) electrons. The summed E-state index contributed by atoms with van der Waals surface area (Å²) in [7, 11) is 0. The SMILES string of the molecule is Cc1ccc(-n2nc(C(C)(C)C)cc2NC(=O)Nc2ccc(Oc3ccnc4[nH]c(=O)cnc34)c(F)c2)cc1. The minimum absolute atomic E-state index is 0.0891. The highest BCUT2D eigenvalue weighted by Gasteiger charge is 2.22.